The minimum Gasteiger partial charge on any atom is -0.508 e. The van der Waals surface area contributed by atoms with Gasteiger partial charge in [0.2, 0.25) is 5.71 Å². The van der Waals surface area contributed by atoms with Crippen LogP contribution in [0.25, 0.3) is 0 Å². The van der Waals surface area contributed by atoms with Crippen molar-refractivity contribution in [1.82, 2.24) is 5.32 Å². The Morgan fingerprint density at radius 2 is 1.97 bits per heavy atom. The Balaban J connectivity index is 2.18. The largest absolute Gasteiger partial charge is 0.508 e. The van der Waals surface area contributed by atoms with Gasteiger partial charge in [-0.25, -0.2) is 4.79 Å². The van der Waals surface area contributed by atoms with Gasteiger partial charge in [-0.05, 0) is 43.7 Å². The third kappa shape index (κ3) is 6.63. The maximum absolute atomic E-state index is 11.9. The molecule has 0 aliphatic heterocycles. The smallest absolute Gasteiger partial charge is 0.414 e. The minimum atomic E-state index is -1.04. The van der Waals surface area contributed by atoms with Crippen molar-refractivity contribution in [3.63, 3.8) is 0 Å². The first-order valence-corrected chi connectivity index (χ1v) is 9.86. The number of benzene rings is 2. The fraction of sp³-hybridized carbons (Fsp3) is 0.143. The Morgan fingerprint density at radius 1 is 1.28 bits per heavy atom. The average Bonchev–Trinajstić information content (AvgIpc) is 2.73. The summed E-state index contributed by atoms with van der Waals surface area (Å²) in [6.07, 6.45) is 1.08. The minimum absolute atomic E-state index is 0.0571. The number of phenolic OH excluding ortho intramolecular Hbond substituents is 1. The molecule has 0 bridgehead atoms. The van der Waals surface area contributed by atoms with Gasteiger partial charge in [-0.1, -0.05) is 29.3 Å². The van der Waals surface area contributed by atoms with Crippen LogP contribution in [0.1, 0.15) is 12.5 Å². The van der Waals surface area contributed by atoms with Crippen LogP contribution in [0, 0.1) is 11.3 Å². The maximum Gasteiger partial charge on any atom is 0.414 e. The van der Waals surface area contributed by atoms with Gasteiger partial charge in [0.15, 0.2) is 5.75 Å². The van der Waals surface area contributed by atoms with Gasteiger partial charge in [0.1, 0.15) is 17.6 Å². The summed E-state index contributed by atoms with van der Waals surface area (Å²) >= 11 is 12.5. The van der Waals surface area contributed by atoms with Crippen LogP contribution >= 0.6 is 23.2 Å². The zero-order chi connectivity index (χ0) is 23.7. The summed E-state index contributed by atoms with van der Waals surface area (Å²) in [5, 5.41) is 24.7. The number of phenols is 1. The van der Waals surface area contributed by atoms with E-state index in [2.05, 4.69) is 21.8 Å². The number of halogens is 2. The zero-order valence-corrected chi connectivity index (χ0v) is 18.3. The number of aromatic hydroxyl groups is 1. The summed E-state index contributed by atoms with van der Waals surface area (Å²) in [5.41, 5.74) is 2.72. The lowest BCUT2D eigenvalue weighted by atomic mass is 10.1. The number of hydrogen-bond acceptors (Lipinski definition) is 8. The highest BCUT2D eigenvalue weighted by atomic mass is 35.5. The monoisotopic (exact) mass is 476 g/mol. The topological polar surface area (TPSA) is 133 Å². The summed E-state index contributed by atoms with van der Waals surface area (Å²) in [7, 11) is 0. The van der Waals surface area contributed by atoms with Crippen LogP contribution in [0.2, 0.25) is 10.0 Å². The normalized spacial score (nSPS) is 10.6. The Labute approximate surface area is 193 Å². The van der Waals surface area contributed by atoms with E-state index in [9.17, 15) is 14.7 Å². The van der Waals surface area contributed by atoms with Crippen LogP contribution in [0.4, 0.5) is 10.5 Å². The molecule has 0 saturated carbocycles. The fourth-order valence-electron chi connectivity index (χ4n) is 2.35. The molecular formula is C21H18Cl2N4O5. The number of nitrogens with zero attached hydrogens (tertiary/aromatic N) is 2. The first-order valence-electron chi connectivity index (χ1n) is 9.10. The standard InChI is InChI=1S/C21H18Cl2N4O5/c1-3-5-12-8-14(6-7-18(12)28)32-19-15(22)9-13(10-16(19)23)26-27-17(11-24)20(29)25-21(30)31-4-2/h3,6-10,26,28H,1,4-5H2,2H3,(H,25,29,30)/b27-17+. The van der Waals surface area contributed by atoms with Crippen molar-refractivity contribution in [3.05, 3.63) is 58.6 Å². The van der Waals surface area contributed by atoms with Crippen LogP contribution < -0.4 is 15.5 Å². The van der Waals surface area contributed by atoms with Crippen molar-refractivity contribution in [2.45, 2.75) is 13.3 Å². The lowest BCUT2D eigenvalue weighted by Gasteiger charge is -2.13. The molecule has 0 aliphatic rings. The van der Waals surface area contributed by atoms with Crippen molar-refractivity contribution in [2.24, 2.45) is 5.10 Å². The Morgan fingerprint density at radius 3 is 2.56 bits per heavy atom. The quantitative estimate of drug-likeness (QED) is 0.283. The fourth-order valence-corrected chi connectivity index (χ4v) is 2.91. The molecule has 0 fully saturated rings. The number of anilines is 1. The van der Waals surface area contributed by atoms with E-state index in [1.54, 1.807) is 31.2 Å². The molecule has 2 rings (SSSR count). The molecule has 0 aliphatic carbocycles. The molecule has 3 N–H and O–H groups in total. The molecular weight excluding hydrogens is 459 g/mol. The van der Waals surface area contributed by atoms with Crippen LogP contribution in [0.15, 0.2) is 48.1 Å². The number of nitriles is 1. The van der Waals surface area contributed by atoms with Crippen molar-refractivity contribution in [2.75, 3.05) is 12.0 Å². The number of hydrogen-bond donors (Lipinski definition) is 3. The number of nitrogens with one attached hydrogen (secondary N) is 2. The number of hydrazone groups is 1. The van der Waals surface area contributed by atoms with Crippen LogP contribution in [0.3, 0.4) is 0 Å². The molecule has 2 aromatic rings. The van der Waals surface area contributed by atoms with Crippen LogP contribution in [-0.4, -0.2) is 29.4 Å². The van der Waals surface area contributed by atoms with E-state index < -0.39 is 17.7 Å². The molecule has 32 heavy (non-hydrogen) atoms. The number of amides is 2. The molecule has 0 saturated heterocycles. The number of rotatable bonds is 8. The van der Waals surface area contributed by atoms with Gasteiger partial charge in [-0.15, -0.1) is 6.58 Å². The van der Waals surface area contributed by atoms with Crippen LogP contribution in [-0.2, 0) is 16.0 Å². The molecule has 2 aromatic carbocycles. The lowest BCUT2D eigenvalue weighted by molar-refractivity contribution is -0.114. The molecule has 2 amide bonds. The Hall–Kier alpha value is -3.74. The molecule has 11 heteroatoms. The third-order valence-corrected chi connectivity index (χ3v) is 4.30. The molecule has 0 atom stereocenters. The van der Waals surface area contributed by atoms with Gasteiger partial charge in [0.25, 0.3) is 5.91 Å². The van der Waals surface area contributed by atoms with Crippen LogP contribution in [0.5, 0.6) is 17.2 Å². The van der Waals surface area contributed by atoms with E-state index in [1.165, 1.54) is 18.2 Å². The first-order chi connectivity index (χ1) is 15.3. The van der Waals surface area contributed by atoms with E-state index >= 15 is 0 Å². The Kier molecular flexibility index (Phi) is 8.89. The molecule has 166 valence electrons. The number of carbonyl (C=O) groups is 2. The second-order valence-corrected chi connectivity index (χ2v) is 6.83. The van der Waals surface area contributed by atoms with E-state index in [0.29, 0.717) is 17.7 Å². The van der Waals surface area contributed by atoms with E-state index in [4.69, 9.17) is 33.2 Å². The predicted molar refractivity (Wildman–Crippen MR) is 120 cm³/mol. The van der Waals surface area contributed by atoms with Crippen molar-refractivity contribution in [1.29, 1.82) is 5.26 Å². The van der Waals surface area contributed by atoms with Gasteiger partial charge in [0, 0.05) is 5.56 Å². The average molecular weight is 477 g/mol. The predicted octanol–water partition coefficient (Wildman–Crippen LogP) is 4.78. The second-order valence-electron chi connectivity index (χ2n) is 6.01. The van der Waals surface area contributed by atoms with Crippen molar-refractivity contribution >= 4 is 46.6 Å². The van der Waals surface area contributed by atoms with E-state index in [1.807, 2.05) is 5.32 Å². The highest BCUT2D eigenvalue weighted by Crippen LogP contribution is 2.39. The number of alkyl carbamates (subject to hydrolysis) is 1. The number of carbonyl (C=O) groups excluding carboxylic acids is 2. The highest BCUT2D eigenvalue weighted by molar-refractivity contribution is 6.47. The first kappa shape index (κ1) is 24.5. The van der Waals surface area contributed by atoms with E-state index in [0.717, 1.165) is 0 Å². The molecule has 9 nitrogen and oxygen atoms in total. The van der Waals surface area contributed by atoms with Gasteiger partial charge >= 0.3 is 6.09 Å². The molecule has 0 radical (unpaired) electrons. The highest BCUT2D eigenvalue weighted by Gasteiger charge is 2.16. The lowest BCUT2D eigenvalue weighted by Crippen LogP contribution is -2.36. The molecule has 0 aromatic heterocycles. The number of allylic oxidation sites excluding steroid dienone is 1. The Bertz CT molecular complexity index is 1090. The summed E-state index contributed by atoms with van der Waals surface area (Å²) < 4.78 is 10.3. The maximum atomic E-state index is 11.9. The van der Waals surface area contributed by atoms with Crippen molar-refractivity contribution < 1.29 is 24.2 Å². The zero-order valence-electron chi connectivity index (χ0n) is 16.8. The summed E-state index contributed by atoms with van der Waals surface area (Å²) in [4.78, 5) is 23.2. The third-order valence-electron chi connectivity index (χ3n) is 3.74. The summed E-state index contributed by atoms with van der Waals surface area (Å²) in [5.74, 6) is -0.395. The summed E-state index contributed by atoms with van der Waals surface area (Å²) in [6.45, 7) is 5.26. The number of ether oxygens (including phenoxy) is 2. The number of imide groups is 1. The molecule has 0 spiro atoms. The van der Waals surface area contributed by atoms with Gasteiger partial charge < -0.3 is 14.6 Å². The van der Waals surface area contributed by atoms with Gasteiger partial charge in [-0.3, -0.25) is 15.5 Å². The van der Waals surface area contributed by atoms with E-state index in [-0.39, 0.29) is 33.8 Å². The van der Waals surface area contributed by atoms with Gasteiger partial charge in [0.05, 0.1) is 22.3 Å². The summed E-state index contributed by atoms with van der Waals surface area (Å²) in [6, 6.07) is 9.04. The second kappa shape index (κ2) is 11.6. The molecule has 0 heterocycles. The van der Waals surface area contributed by atoms with Gasteiger partial charge in [-0.2, -0.15) is 10.4 Å². The van der Waals surface area contributed by atoms with Crippen molar-refractivity contribution in [3.8, 4) is 23.3 Å². The molecule has 0 unspecified atom stereocenters. The SMILES string of the molecule is C=CCc1cc(Oc2c(Cl)cc(N/N=C(\C#N)C(=O)NC(=O)OCC)cc2Cl)ccc1O.